The van der Waals surface area contributed by atoms with E-state index in [0.717, 1.165) is 17.4 Å². The molecule has 2 aromatic heterocycles. The smallest absolute Gasteiger partial charge is 0.186 e. The molecule has 2 rings (SSSR count). The summed E-state index contributed by atoms with van der Waals surface area (Å²) >= 11 is 5.79. The summed E-state index contributed by atoms with van der Waals surface area (Å²) in [6, 6.07) is 0. The lowest BCUT2D eigenvalue weighted by molar-refractivity contribution is 0.459. The molecule has 170 valence electrons. The maximum atomic E-state index is 10.5. The van der Waals surface area contributed by atoms with Crippen molar-refractivity contribution < 1.29 is 25.9 Å². The van der Waals surface area contributed by atoms with Crippen molar-refractivity contribution >= 4 is 88.0 Å². The molecule has 0 N–H and O–H groups in total. The number of unbranched alkanes of at least 4 members (excludes halogenated alkanes) is 2. The highest BCUT2D eigenvalue weighted by Crippen LogP contribution is 2.42. The first-order valence-electron chi connectivity index (χ1n) is 8.25. The molecule has 18 heteroatoms. The molecule has 0 fully saturated rings. The van der Waals surface area contributed by atoms with Crippen molar-refractivity contribution in [2.75, 3.05) is 23.0 Å². The van der Waals surface area contributed by atoms with Gasteiger partial charge in [0, 0.05) is 23.0 Å². The van der Waals surface area contributed by atoms with Gasteiger partial charge in [-0.1, -0.05) is 46.2 Å². The second-order valence-corrected chi connectivity index (χ2v) is 15.8. The molecule has 30 heavy (non-hydrogen) atoms. The van der Waals surface area contributed by atoms with Gasteiger partial charge in [0.1, 0.15) is 0 Å². The third-order valence-electron chi connectivity index (χ3n) is 2.99. The Labute approximate surface area is 199 Å². The van der Waals surface area contributed by atoms with Crippen LogP contribution in [-0.4, -0.2) is 69.3 Å². The highest BCUT2D eigenvalue weighted by Gasteiger charge is 2.10. The molecule has 0 aromatic carbocycles. The Kier molecular flexibility index (Phi) is 11.7. The first kappa shape index (κ1) is 26.6. The van der Waals surface area contributed by atoms with Gasteiger partial charge in [0.15, 0.2) is 17.4 Å². The van der Waals surface area contributed by atoms with Crippen LogP contribution in [0.5, 0.6) is 0 Å². The maximum absolute atomic E-state index is 10.5. The van der Waals surface area contributed by atoms with Crippen LogP contribution >= 0.6 is 67.8 Å². The van der Waals surface area contributed by atoms with Crippen LogP contribution in [0.4, 0.5) is 0 Å². The minimum Gasteiger partial charge on any atom is -0.748 e. The molecule has 0 saturated heterocycles. The molecule has 0 aliphatic heterocycles. The molecule has 0 atom stereocenters. The third-order valence-corrected chi connectivity index (χ3v) is 11.8. The highest BCUT2D eigenvalue weighted by molar-refractivity contribution is 8.77. The molecule has 0 radical (unpaired) electrons. The third kappa shape index (κ3) is 12.4. The zero-order valence-corrected chi connectivity index (χ0v) is 21.7. The van der Waals surface area contributed by atoms with Crippen LogP contribution in [0.2, 0.25) is 0 Å². The molecule has 0 spiro atoms. The number of hydrogen-bond donors (Lipinski definition) is 0. The summed E-state index contributed by atoms with van der Waals surface area (Å²) in [7, 11) is -5.46. The van der Waals surface area contributed by atoms with Crippen LogP contribution in [0.1, 0.15) is 25.7 Å². The molecule has 10 nitrogen and oxygen atoms in total. The normalized spacial score (nSPS) is 12.5. The number of thioether (sulfide) groups is 2. The van der Waals surface area contributed by atoms with Crippen LogP contribution in [-0.2, 0) is 20.2 Å². The van der Waals surface area contributed by atoms with E-state index in [2.05, 4.69) is 20.4 Å². The summed E-state index contributed by atoms with van der Waals surface area (Å²) in [5.74, 6) is 0.649. The fraction of sp³-hybridized carbons (Fsp3) is 0.667. The number of rotatable bonds is 15. The quantitative estimate of drug-likeness (QED) is 0.133. The zero-order chi connectivity index (χ0) is 22.0. The molecule has 2 aromatic rings. The van der Waals surface area contributed by atoms with Crippen LogP contribution in [0.3, 0.4) is 0 Å². The average Bonchev–Trinajstić information content (AvgIpc) is 3.27. The van der Waals surface area contributed by atoms with Gasteiger partial charge in [0.05, 0.1) is 20.2 Å². The van der Waals surface area contributed by atoms with Gasteiger partial charge < -0.3 is 9.11 Å². The topological polar surface area (TPSA) is 166 Å². The van der Waals surface area contributed by atoms with Crippen LogP contribution < -0.4 is 0 Å². The Morgan fingerprint density at radius 3 is 1.37 bits per heavy atom. The number of hydrogen-bond acceptors (Lipinski definition) is 16. The molecule has 0 bridgehead atoms. The van der Waals surface area contributed by atoms with E-state index in [1.165, 1.54) is 67.8 Å². The lowest BCUT2D eigenvalue weighted by Crippen LogP contribution is -2.04. The van der Waals surface area contributed by atoms with E-state index < -0.39 is 20.2 Å². The molecule has 0 saturated carbocycles. The Morgan fingerprint density at radius 1 is 0.633 bits per heavy atom. The summed E-state index contributed by atoms with van der Waals surface area (Å²) in [5, 5.41) is 16.3. The Balaban J connectivity index is 1.63. The van der Waals surface area contributed by atoms with E-state index in [9.17, 15) is 25.9 Å². The Morgan fingerprint density at radius 2 is 1.00 bits per heavy atom. The van der Waals surface area contributed by atoms with E-state index in [1.54, 1.807) is 0 Å². The standard InChI is InChI=1S/C12H18N4O6S8/c17-29(18,19)7-3-1-5-23-9-13-15-11(25-9)27-28-12-16-14-10(26-12)24-6-2-4-8-30(20,21)22/h1-8H2,(H,17,18,19)(H,20,21,22)/p-2. The van der Waals surface area contributed by atoms with Crippen molar-refractivity contribution in [3.05, 3.63) is 0 Å². The van der Waals surface area contributed by atoms with Crippen LogP contribution in [0.25, 0.3) is 0 Å². The lowest BCUT2D eigenvalue weighted by atomic mass is 10.4. The maximum Gasteiger partial charge on any atom is 0.186 e. The molecule has 0 aliphatic rings. The number of aromatic nitrogens is 4. The van der Waals surface area contributed by atoms with E-state index in [1.807, 2.05) is 0 Å². The van der Waals surface area contributed by atoms with Crippen molar-refractivity contribution in [3.8, 4) is 0 Å². The summed E-state index contributed by atoms with van der Waals surface area (Å²) in [6.07, 6.45) is 1.90. The fourth-order valence-corrected chi connectivity index (χ4v) is 9.37. The predicted molar refractivity (Wildman–Crippen MR) is 121 cm³/mol. The van der Waals surface area contributed by atoms with Crippen molar-refractivity contribution in [1.29, 1.82) is 0 Å². The molecule has 0 aliphatic carbocycles. The Bertz CT molecular complexity index is 912. The van der Waals surface area contributed by atoms with Gasteiger partial charge >= 0.3 is 0 Å². The van der Waals surface area contributed by atoms with Crippen molar-refractivity contribution in [1.82, 2.24) is 20.4 Å². The monoisotopic (exact) mass is 568 g/mol. The van der Waals surface area contributed by atoms with Gasteiger partial charge in [0.2, 0.25) is 0 Å². The average molecular weight is 569 g/mol. The molecule has 0 unspecified atom stereocenters. The Hall–Kier alpha value is 0.340. The highest BCUT2D eigenvalue weighted by atomic mass is 33.1. The van der Waals surface area contributed by atoms with Crippen molar-refractivity contribution in [2.24, 2.45) is 0 Å². The largest absolute Gasteiger partial charge is 0.748 e. The molecule has 0 amide bonds. The van der Waals surface area contributed by atoms with Crippen molar-refractivity contribution in [2.45, 2.75) is 43.0 Å². The van der Waals surface area contributed by atoms with E-state index >= 15 is 0 Å². The summed E-state index contributed by atoms with van der Waals surface area (Å²) in [5.41, 5.74) is 0. The van der Waals surface area contributed by atoms with Gasteiger partial charge in [-0.2, -0.15) is 0 Å². The number of nitrogens with zero attached hydrogens (tertiary/aromatic N) is 4. The second-order valence-electron chi connectivity index (χ2n) is 5.47. The molecular weight excluding hydrogens is 553 g/mol. The minimum atomic E-state index is -4.15. The fourth-order valence-electron chi connectivity index (χ4n) is 1.73. The SMILES string of the molecule is O=S(=O)([O-])CCCCSc1nnc(SSc2nnc(SCCCCS(=O)(=O)[O-])s2)s1. The van der Waals surface area contributed by atoms with E-state index in [4.69, 9.17) is 0 Å². The van der Waals surface area contributed by atoms with Gasteiger partial charge in [-0.05, 0) is 47.3 Å². The zero-order valence-electron chi connectivity index (χ0n) is 15.2. The first-order valence-corrected chi connectivity index (χ1v) is 17.2. The molecule has 2 heterocycles. The second kappa shape index (κ2) is 13.1. The van der Waals surface area contributed by atoms with Gasteiger partial charge in [-0.25, -0.2) is 16.8 Å². The summed E-state index contributed by atoms with van der Waals surface area (Å²) < 4.78 is 66.3. The van der Waals surface area contributed by atoms with Crippen LogP contribution in [0, 0.1) is 0 Å². The van der Waals surface area contributed by atoms with E-state index in [-0.39, 0.29) is 11.5 Å². The van der Waals surface area contributed by atoms with Gasteiger partial charge in [-0.3, -0.25) is 0 Å². The summed E-state index contributed by atoms with van der Waals surface area (Å²) in [6.45, 7) is 0. The van der Waals surface area contributed by atoms with Gasteiger partial charge in [0.25, 0.3) is 0 Å². The molecular formula is C12H16N4O6S8-2. The van der Waals surface area contributed by atoms with Crippen molar-refractivity contribution in [3.63, 3.8) is 0 Å². The lowest BCUT2D eigenvalue weighted by Gasteiger charge is -2.04. The first-order chi connectivity index (χ1) is 14.1. The van der Waals surface area contributed by atoms with E-state index in [0.29, 0.717) is 37.2 Å². The summed E-state index contributed by atoms with van der Waals surface area (Å²) in [4.78, 5) is 0. The minimum absolute atomic E-state index is 0.338. The van der Waals surface area contributed by atoms with Crippen LogP contribution in [0.15, 0.2) is 17.4 Å². The van der Waals surface area contributed by atoms with Gasteiger partial charge in [-0.15, -0.1) is 20.4 Å². The predicted octanol–water partition coefficient (Wildman–Crippen LogP) is 3.02.